The first kappa shape index (κ1) is 22.7. The molecule has 5 rings (SSSR count). The topological polar surface area (TPSA) is 72.0 Å². The quantitative estimate of drug-likeness (QED) is 0.361. The van der Waals surface area contributed by atoms with Crippen molar-refractivity contribution in [2.45, 2.75) is 37.1 Å². The number of nitrogens with two attached hydrogens (primary N) is 1. The summed E-state index contributed by atoms with van der Waals surface area (Å²) in [6.45, 7) is 1.78. The lowest BCUT2D eigenvalue weighted by molar-refractivity contribution is -0.141. The van der Waals surface area contributed by atoms with Gasteiger partial charge in [0.1, 0.15) is 10.7 Å². The Kier molecular flexibility index (Phi) is 5.35. The van der Waals surface area contributed by atoms with Crippen LogP contribution in [0.3, 0.4) is 0 Å². The smallest absolute Gasteiger partial charge is 0.390 e. The lowest BCUT2D eigenvalue weighted by atomic mass is 9.63. The van der Waals surface area contributed by atoms with Gasteiger partial charge < -0.3 is 10.8 Å². The first-order valence-electron chi connectivity index (χ1n) is 10.8. The van der Waals surface area contributed by atoms with Crippen molar-refractivity contribution in [1.82, 2.24) is 9.97 Å². The molecule has 1 saturated carbocycles. The van der Waals surface area contributed by atoms with Gasteiger partial charge in [-0.05, 0) is 43.0 Å². The molecule has 8 heteroatoms. The van der Waals surface area contributed by atoms with E-state index in [-0.39, 0.29) is 0 Å². The standard InChI is InChI=1S/C26H22F3N3OS/c1-24(33)14-25(30,15-24)19-10-7-16(8-11-19)21-22(17-5-3-2-4-6-17)34-23(32-21)18-9-12-20(31-13-18)26(27,28)29/h2-13,33H,14-15,30H2,1H3. The van der Waals surface area contributed by atoms with Crippen molar-refractivity contribution in [2.75, 3.05) is 0 Å². The second-order valence-corrected chi connectivity index (χ2v) is 10.1. The Balaban J connectivity index is 1.53. The highest BCUT2D eigenvalue weighted by molar-refractivity contribution is 7.19. The van der Waals surface area contributed by atoms with E-state index in [1.54, 1.807) is 6.92 Å². The Morgan fingerprint density at radius 3 is 2.12 bits per heavy atom. The molecule has 1 fully saturated rings. The van der Waals surface area contributed by atoms with Gasteiger partial charge in [0.05, 0.1) is 16.2 Å². The minimum atomic E-state index is -4.49. The van der Waals surface area contributed by atoms with Gasteiger partial charge in [0.25, 0.3) is 0 Å². The molecule has 4 nitrogen and oxygen atoms in total. The molecular formula is C26H22F3N3OS. The van der Waals surface area contributed by atoms with Gasteiger partial charge in [-0.3, -0.25) is 4.98 Å². The van der Waals surface area contributed by atoms with E-state index in [0.29, 0.717) is 23.4 Å². The summed E-state index contributed by atoms with van der Waals surface area (Å²) in [6.07, 6.45) is -2.28. The Morgan fingerprint density at radius 2 is 1.56 bits per heavy atom. The van der Waals surface area contributed by atoms with E-state index >= 15 is 0 Å². The minimum Gasteiger partial charge on any atom is -0.390 e. The summed E-state index contributed by atoms with van der Waals surface area (Å²) in [6, 6.07) is 19.9. The molecular weight excluding hydrogens is 459 g/mol. The van der Waals surface area contributed by atoms with E-state index in [0.717, 1.165) is 33.3 Å². The number of aromatic nitrogens is 2. The molecule has 2 aromatic heterocycles. The maximum Gasteiger partial charge on any atom is 0.433 e. The average Bonchev–Trinajstić information content (AvgIpc) is 3.23. The number of halogens is 3. The van der Waals surface area contributed by atoms with Gasteiger partial charge in [0, 0.05) is 22.9 Å². The van der Waals surface area contributed by atoms with Crippen LogP contribution in [0.4, 0.5) is 13.2 Å². The molecule has 0 saturated heterocycles. The largest absolute Gasteiger partial charge is 0.433 e. The fourth-order valence-corrected chi connectivity index (χ4v) is 5.67. The van der Waals surface area contributed by atoms with Gasteiger partial charge in [-0.1, -0.05) is 54.6 Å². The number of thiazole rings is 1. The van der Waals surface area contributed by atoms with Crippen molar-refractivity contribution in [2.24, 2.45) is 5.73 Å². The molecule has 3 N–H and O–H groups in total. The summed E-state index contributed by atoms with van der Waals surface area (Å²) in [5.74, 6) is 0. The summed E-state index contributed by atoms with van der Waals surface area (Å²) in [4.78, 5) is 9.29. The van der Waals surface area contributed by atoms with Crippen LogP contribution in [0, 0.1) is 0 Å². The second kappa shape index (κ2) is 8.01. The highest BCUT2D eigenvalue weighted by Crippen LogP contribution is 2.47. The Hall–Kier alpha value is -3.07. The van der Waals surface area contributed by atoms with Gasteiger partial charge in [-0.15, -0.1) is 11.3 Å². The van der Waals surface area contributed by atoms with Crippen LogP contribution in [-0.4, -0.2) is 20.7 Å². The maximum absolute atomic E-state index is 12.9. The molecule has 0 atom stereocenters. The highest BCUT2D eigenvalue weighted by Gasteiger charge is 2.49. The Bertz CT molecular complexity index is 1310. The van der Waals surface area contributed by atoms with Crippen LogP contribution in [-0.2, 0) is 11.7 Å². The summed E-state index contributed by atoms with van der Waals surface area (Å²) < 4.78 is 38.8. The van der Waals surface area contributed by atoms with E-state index in [1.165, 1.54) is 23.6 Å². The molecule has 0 bridgehead atoms. The van der Waals surface area contributed by atoms with Crippen LogP contribution >= 0.6 is 11.3 Å². The molecule has 4 aromatic rings. The number of nitrogens with zero attached hydrogens (tertiary/aromatic N) is 2. The third-order valence-electron chi connectivity index (χ3n) is 6.09. The first-order chi connectivity index (χ1) is 16.0. The zero-order valence-electron chi connectivity index (χ0n) is 18.3. The van der Waals surface area contributed by atoms with Gasteiger partial charge in [0.15, 0.2) is 0 Å². The molecule has 0 amide bonds. The minimum absolute atomic E-state index is 0.496. The van der Waals surface area contributed by atoms with E-state index in [4.69, 9.17) is 10.7 Å². The van der Waals surface area contributed by atoms with Crippen LogP contribution in [0.5, 0.6) is 0 Å². The van der Waals surface area contributed by atoms with Gasteiger partial charge >= 0.3 is 6.18 Å². The summed E-state index contributed by atoms with van der Waals surface area (Å²) in [7, 11) is 0. The molecule has 0 radical (unpaired) electrons. The van der Waals surface area contributed by atoms with Crippen molar-refractivity contribution >= 4 is 11.3 Å². The number of rotatable bonds is 4. The van der Waals surface area contributed by atoms with E-state index in [2.05, 4.69) is 4.98 Å². The van der Waals surface area contributed by atoms with E-state index in [9.17, 15) is 18.3 Å². The van der Waals surface area contributed by atoms with Crippen LogP contribution < -0.4 is 5.73 Å². The lowest BCUT2D eigenvalue weighted by Gasteiger charge is -2.49. The van der Waals surface area contributed by atoms with Crippen molar-refractivity contribution in [3.05, 3.63) is 84.2 Å². The number of pyridine rings is 1. The molecule has 2 aromatic carbocycles. The lowest BCUT2D eigenvalue weighted by Crippen LogP contribution is -2.58. The average molecular weight is 482 g/mol. The fraction of sp³-hybridized carbons (Fsp3) is 0.231. The van der Waals surface area contributed by atoms with Crippen LogP contribution in [0.25, 0.3) is 32.3 Å². The summed E-state index contributed by atoms with van der Waals surface area (Å²) in [5.41, 5.74) is 8.30. The van der Waals surface area contributed by atoms with Crippen LogP contribution in [0.1, 0.15) is 31.0 Å². The van der Waals surface area contributed by atoms with Gasteiger partial charge in [0.2, 0.25) is 0 Å². The van der Waals surface area contributed by atoms with E-state index in [1.807, 2.05) is 54.6 Å². The number of hydrogen-bond donors (Lipinski definition) is 2. The highest BCUT2D eigenvalue weighted by atomic mass is 32.1. The number of benzene rings is 2. The SMILES string of the molecule is CC1(O)CC(N)(c2ccc(-c3nc(-c4ccc(C(F)(F)F)nc4)sc3-c3ccccc3)cc2)C1. The zero-order valence-corrected chi connectivity index (χ0v) is 19.1. The number of hydrogen-bond acceptors (Lipinski definition) is 5. The molecule has 1 aliphatic carbocycles. The van der Waals surface area contributed by atoms with Crippen molar-refractivity contribution < 1.29 is 18.3 Å². The van der Waals surface area contributed by atoms with Crippen LogP contribution in [0.2, 0.25) is 0 Å². The van der Waals surface area contributed by atoms with Crippen molar-refractivity contribution in [3.63, 3.8) is 0 Å². The Morgan fingerprint density at radius 1 is 0.912 bits per heavy atom. The van der Waals surface area contributed by atoms with Crippen LogP contribution in [0.15, 0.2) is 72.9 Å². The van der Waals surface area contributed by atoms with Gasteiger partial charge in [-0.25, -0.2) is 4.98 Å². The molecule has 174 valence electrons. The monoisotopic (exact) mass is 481 g/mol. The zero-order chi connectivity index (χ0) is 24.1. The van der Waals surface area contributed by atoms with Crippen molar-refractivity contribution in [3.8, 4) is 32.3 Å². The molecule has 0 unspecified atom stereocenters. The predicted octanol–water partition coefficient (Wildman–Crippen LogP) is 6.26. The Labute approximate surface area is 198 Å². The van der Waals surface area contributed by atoms with E-state index < -0.39 is 23.0 Å². The summed E-state index contributed by atoms with van der Waals surface area (Å²) >= 11 is 1.41. The number of alkyl halides is 3. The molecule has 2 heterocycles. The fourth-order valence-electron chi connectivity index (χ4n) is 4.58. The molecule has 34 heavy (non-hydrogen) atoms. The molecule has 0 spiro atoms. The second-order valence-electron chi connectivity index (χ2n) is 9.08. The molecule has 1 aliphatic rings. The maximum atomic E-state index is 12.9. The summed E-state index contributed by atoms with van der Waals surface area (Å²) in [5, 5.41) is 10.7. The normalized spacial score (nSPS) is 22.4. The van der Waals surface area contributed by atoms with Gasteiger partial charge in [-0.2, -0.15) is 13.2 Å². The third-order valence-corrected chi connectivity index (χ3v) is 7.24. The molecule has 0 aliphatic heterocycles. The van der Waals surface area contributed by atoms with Crippen molar-refractivity contribution in [1.29, 1.82) is 0 Å². The third kappa shape index (κ3) is 4.24. The first-order valence-corrected chi connectivity index (χ1v) is 11.6. The number of aliphatic hydroxyl groups is 1. The predicted molar refractivity (Wildman–Crippen MR) is 127 cm³/mol.